The molecule has 3 aromatic rings. The van der Waals surface area contributed by atoms with Crippen LogP contribution in [0.4, 0.5) is 5.69 Å². The van der Waals surface area contributed by atoms with Crippen LogP contribution in [-0.4, -0.2) is 16.1 Å². The van der Waals surface area contributed by atoms with E-state index in [2.05, 4.69) is 15.5 Å². The number of carbonyl (C=O) groups excluding carboxylic acids is 1. The first-order chi connectivity index (χ1) is 10.9. The van der Waals surface area contributed by atoms with Gasteiger partial charge in [-0.2, -0.15) is 0 Å². The Morgan fingerprint density at radius 2 is 1.74 bits per heavy atom. The van der Waals surface area contributed by atoms with Gasteiger partial charge < -0.3 is 14.2 Å². The fourth-order valence-electron chi connectivity index (χ4n) is 1.85. The second kappa shape index (κ2) is 5.72. The predicted molar refractivity (Wildman–Crippen MR) is 85.5 cm³/mol. The average molecular weight is 311 g/mol. The number of benzene rings is 1. The molecule has 0 fully saturated rings. The maximum atomic E-state index is 12.0. The first kappa shape index (κ1) is 15.0. The molecule has 0 aliphatic carbocycles. The Morgan fingerprint density at radius 1 is 1.04 bits per heavy atom. The highest BCUT2D eigenvalue weighted by Gasteiger charge is 2.21. The Labute approximate surface area is 133 Å². The van der Waals surface area contributed by atoms with Crippen molar-refractivity contribution in [3.63, 3.8) is 0 Å². The molecular weight excluding hydrogens is 294 g/mol. The van der Waals surface area contributed by atoms with Crippen LogP contribution >= 0.6 is 0 Å². The van der Waals surface area contributed by atoms with Crippen LogP contribution in [0.5, 0.6) is 0 Å². The topological polar surface area (TPSA) is 81.2 Å². The number of rotatable bonds is 3. The van der Waals surface area contributed by atoms with Crippen LogP contribution in [0, 0.1) is 5.41 Å². The van der Waals surface area contributed by atoms with E-state index in [1.165, 1.54) is 0 Å². The number of hydrogen-bond acceptors (Lipinski definition) is 5. The molecule has 0 saturated carbocycles. The van der Waals surface area contributed by atoms with E-state index in [1.807, 2.05) is 32.9 Å². The van der Waals surface area contributed by atoms with Gasteiger partial charge in [0.2, 0.25) is 11.8 Å². The maximum Gasteiger partial charge on any atom is 0.283 e. The summed E-state index contributed by atoms with van der Waals surface area (Å²) in [4.78, 5) is 12.0. The molecule has 0 aliphatic rings. The summed E-state index contributed by atoms with van der Waals surface area (Å²) in [5.41, 5.74) is 1.05. The molecule has 0 saturated heterocycles. The quantitative estimate of drug-likeness (QED) is 0.791. The summed E-state index contributed by atoms with van der Waals surface area (Å²) in [6.45, 7) is 5.60. The molecule has 1 amide bonds. The second-order valence-corrected chi connectivity index (χ2v) is 6.17. The van der Waals surface area contributed by atoms with Crippen molar-refractivity contribution in [2.45, 2.75) is 20.8 Å². The number of carbonyl (C=O) groups is 1. The Kier molecular flexibility index (Phi) is 3.73. The lowest BCUT2D eigenvalue weighted by atomic mass is 9.95. The minimum Gasteiger partial charge on any atom is -0.459 e. The van der Waals surface area contributed by atoms with Gasteiger partial charge in [0.25, 0.3) is 5.89 Å². The Hall–Kier alpha value is -2.89. The Morgan fingerprint density at radius 3 is 2.35 bits per heavy atom. The number of nitrogens with zero attached hydrogens (tertiary/aromatic N) is 2. The van der Waals surface area contributed by atoms with E-state index in [1.54, 1.807) is 30.5 Å². The van der Waals surface area contributed by atoms with Gasteiger partial charge in [-0.3, -0.25) is 4.79 Å². The number of hydrogen-bond donors (Lipinski definition) is 1. The molecule has 3 rings (SSSR count). The molecule has 1 N–H and O–H groups in total. The largest absolute Gasteiger partial charge is 0.459 e. The van der Waals surface area contributed by atoms with E-state index < -0.39 is 5.41 Å². The summed E-state index contributed by atoms with van der Waals surface area (Å²) in [5, 5.41) is 10.8. The number of nitrogens with one attached hydrogen (secondary N) is 1. The van der Waals surface area contributed by atoms with Gasteiger partial charge in [-0.25, -0.2) is 0 Å². The van der Waals surface area contributed by atoms with Crippen molar-refractivity contribution in [2.24, 2.45) is 5.41 Å². The highest BCUT2D eigenvalue weighted by atomic mass is 16.4. The van der Waals surface area contributed by atoms with E-state index in [-0.39, 0.29) is 5.91 Å². The Bertz CT molecular complexity index is 796. The predicted octanol–water partition coefficient (Wildman–Crippen LogP) is 3.98. The summed E-state index contributed by atoms with van der Waals surface area (Å²) in [5.74, 6) is 1.21. The molecule has 6 nitrogen and oxygen atoms in total. The van der Waals surface area contributed by atoms with Crippen LogP contribution < -0.4 is 5.32 Å². The zero-order valence-electron chi connectivity index (χ0n) is 13.2. The van der Waals surface area contributed by atoms with Crippen molar-refractivity contribution in [1.82, 2.24) is 10.2 Å². The minimum atomic E-state index is -0.441. The average Bonchev–Trinajstić information content (AvgIpc) is 3.18. The van der Waals surface area contributed by atoms with Gasteiger partial charge in [-0.05, 0) is 36.4 Å². The van der Waals surface area contributed by atoms with E-state index in [9.17, 15) is 4.79 Å². The zero-order chi connectivity index (χ0) is 16.4. The molecule has 0 bridgehead atoms. The van der Waals surface area contributed by atoms with E-state index in [0.29, 0.717) is 17.5 Å². The highest BCUT2D eigenvalue weighted by Crippen LogP contribution is 2.25. The normalized spacial score (nSPS) is 11.4. The molecule has 0 radical (unpaired) electrons. The third-order valence-corrected chi connectivity index (χ3v) is 3.23. The van der Waals surface area contributed by atoms with Gasteiger partial charge >= 0.3 is 0 Å². The second-order valence-electron chi connectivity index (χ2n) is 6.17. The fraction of sp³-hybridized carbons (Fsp3) is 0.235. The van der Waals surface area contributed by atoms with Gasteiger partial charge in [-0.1, -0.05) is 20.8 Å². The maximum absolute atomic E-state index is 12.0. The molecule has 2 aromatic heterocycles. The third-order valence-electron chi connectivity index (χ3n) is 3.23. The summed E-state index contributed by atoms with van der Waals surface area (Å²) >= 11 is 0. The molecule has 0 aliphatic heterocycles. The number of aromatic nitrogens is 2. The molecule has 23 heavy (non-hydrogen) atoms. The lowest BCUT2D eigenvalue weighted by Gasteiger charge is -2.17. The van der Waals surface area contributed by atoms with E-state index in [4.69, 9.17) is 8.83 Å². The van der Waals surface area contributed by atoms with Crippen molar-refractivity contribution in [3.8, 4) is 23.1 Å². The first-order valence-corrected chi connectivity index (χ1v) is 7.23. The monoisotopic (exact) mass is 311 g/mol. The molecule has 0 spiro atoms. The summed E-state index contributed by atoms with van der Waals surface area (Å²) in [6, 6.07) is 10.7. The minimum absolute atomic E-state index is 0.0388. The number of anilines is 1. The van der Waals surface area contributed by atoms with Crippen LogP contribution in [0.2, 0.25) is 0 Å². The summed E-state index contributed by atoms with van der Waals surface area (Å²) in [6.07, 6.45) is 1.55. The van der Waals surface area contributed by atoms with Gasteiger partial charge in [0.15, 0.2) is 5.76 Å². The van der Waals surface area contributed by atoms with Gasteiger partial charge in [0.1, 0.15) is 0 Å². The fourth-order valence-corrected chi connectivity index (χ4v) is 1.85. The van der Waals surface area contributed by atoms with Crippen molar-refractivity contribution in [1.29, 1.82) is 0 Å². The Balaban J connectivity index is 1.76. The van der Waals surface area contributed by atoms with E-state index >= 15 is 0 Å². The zero-order valence-corrected chi connectivity index (χ0v) is 13.2. The van der Waals surface area contributed by atoms with Gasteiger partial charge in [0.05, 0.1) is 6.26 Å². The van der Waals surface area contributed by atoms with Gasteiger partial charge in [-0.15, -0.1) is 10.2 Å². The molecule has 1 aromatic carbocycles. The lowest BCUT2D eigenvalue weighted by Crippen LogP contribution is -2.27. The van der Waals surface area contributed by atoms with Crippen LogP contribution in [0.3, 0.4) is 0 Å². The van der Waals surface area contributed by atoms with Crippen molar-refractivity contribution in [3.05, 3.63) is 42.7 Å². The summed E-state index contributed by atoms with van der Waals surface area (Å²) in [7, 11) is 0. The van der Waals surface area contributed by atoms with Crippen molar-refractivity contribution in [2.75, 3.05) is 5.32 Å². The van der Waals surface area contributed by atoms with Crippen LogP contribution in [-0.2, 0) is 4.79 Å². The molecule has 0 unspecified atom stereocenters. The van der Waals surface area contributed by atoms with Gasteiger partial charge in [0, 0.05) is 16.7 Å². The molecule has 6 heteroatoms. The van der Waals surface area contributed by atoms with Crippen molar-refractivity contribution >= 4 is 11.6 Å². The molecule has 0 atom stereocenters. The lowest BCUT2D eigenvalue weighted by molar-refractivity contribution is -0.123. The summed E-state index contributed by atoms with van der Waals surface area (Å²) < 4.78 is 10.8. The molecule has 2 heterocycles. The molecular formula is C17H17N3O3. The standard InChI is InChI=1S/C17H17N3O3/c1-17(2,3)16(21)18-12-8-6-11(7-9-12)14-19-20-15(23-14)13-5-4-10-22-13/h4-10H,1-3H3,(H,18,21). The smallest absolute Gasteiger partial charge is 0.283 e. The van der Waals surface area contributed by atoms with Crippen LogP contribution in [0.15, 0.2) is 51.5 Å². The van der Waals surface area contributed by atoms with Crippen molar-refractivity contribution < 1.29 is 13.6 Å². The van der Waals surface area contributed by atoms with Crippen LogP contribution in [0.1, 0.15) is 20.8 Å². The SMILES string of the molecule is CC(C)(C)C(=O)Nc1ccc(-c2nnc(-c3ccco3)o2)cc1. The first-order valence-electron chi connectivity index (χ1n) is 7.23. The van der Waals surface area contributed by atoms with Crippen LogP contribution in [0.25, 0.3) is 23.1 Å². The highest BCUT2D eigenvalue weighted by molar-refractivity contribution is 5.94. The number of furan rings is 1. The third kappa shape index (κ3) is 3.31. The van der Waals surface area contributed by atoms with E-state index in [0.717, 1.165) is 11.3 Å². The number of amides is 1. The molecule has 118 valence electrons.